The first-order valence-corrected chi connectivity index (χ1v) is 6.81. The number of aliphatic hydroxyl groups is 1. The van der Waals surface area contributed by atoms with E-state index in [9.17, 15) is 23.1 Å². The van der Waals surface area contributed by atoms with Crippen molar-refractivity contribution in [2.24, 2.45) is 0 Å². The lowest BCUT2D eigenvalue weighted by atomic mass is 10.0. The van der Waals surface area contributed by atoms with Crippen LogP contribution in [0.2, 0.25) is 0 Å². The van der Waals surface area contributed by atoms with Crippen molar-refractivity contribution in [1.29, 1.82) is 0 Å². The average molecular weight is 318 g/mol. The maximum Gasteiger partial charge on any atom is 0.387 e. The molecule has 2 atom stereocenters. The molecule has 0 aliphatic carbocycles. The zero-order valence-electron chi connectivity index (χ0n) is 11.7. The highest BCUT2D eigenvalue weighted by Crippen LogP contribution is 2.21. The number of halogens is 3. The molecule has 122 valence electrons. The van der Waals surface area contributed by atoms with Gasteiger partial charge in [-0.2, -0.15) is 8.78 Å². The number of nitrogens with one attached hydrogen (secondary N) is 2. The number of amides is 1. The van der Waals surface area contributed by atoms with Crippen molar-refractivity contribution in [3.05, 3.63) is 29.8 Å². The molecule has 8 heteroatoms. The van der Waals surface area contributed by atoms with E-state index in [1.807, 2.05) is 0 Å². The molecule has 0 bridgehead atoms. The van der Waals surface area contributed by atoms with Crippen molar-refractivity contribution in [3.63, 3.8) is 0 Å². The first-order valence-electron chi connectivity index (χ1n) is 6.81. The third-order valence-electron chi connectivity index (χ3n) is 3.46. The van der Waals surface area contributed by atoms with Crippen LogP contribution in [0.3, 0.4) is 0 Å². The molecule has 22 heavy (non-hydrogen) atoms. The van der Waals surface area contributed by atoms with Gasteiger partial charge in [0, 0.05) is 19.5 Å². The number of carbonyl (C=O) groups is 1. The van der Waals surface area contributed by atoms with Crippen LogP contribution in [-0.4, -0.2) is 42.9 Å². The maximum atomic E-state index is 14.1. The molecular formula is C14H17F3N2O3. The summed E-state index contributed by atoms with van der Waals surface area (Å²) >= 11 is 0. The van der Waals surface area contributed by atoms with Crippen LogP contribution >= 0.6 is 0 Å². The third kappa shape index (κ3) is 4.11. The largest absolute Gasteiger partial charge is 0.435 e. The molecule has 1 saturated heterocycles. The smallest absolute Gasteiger partial charge is 0.387 e. The molecular weight excluding hydrogens is 301 g/mol. The van der Waals surface area contributed by atoms with Gasteiger partial charge in [-0.1, -0.05) is 12.1 Å². The highest BCUT2D eigenvalue weighted by Gasteiger charge is 2.41. The summed E-state index contributed by atoms with van der Waals surface area (Å²) in [5.41, 5.74) is -1.55. The second kappa shape index (κ2) is 6.97. The lowest BCUT2D eigenvalue weighted by molar-refractivity contribution is -0.132. The molecule has 0 spiro atoms. The Bertz CT molecular complexity index is 505. The Morgan fingerprint density at radius 3 is 2.64 bits per heavy atom. The van der Waals surface area contributed by atoms with Crippen molar-refractivity contribution >= 4 is 5.91 Å². The Morgan fingerprint density at radius 1 is 1.41 bits per heavy atom. The number of hydrogen-bond acceptors (Lipinski definition) is 4. The molecule has 2 rings (SSSR count). The third-order valence-corrected chi connectivity index (χ3v) is 3.46. The van der Waals surface area contributed by atoms with Gasteiger partial charge in [0.25, 0.3) is 5.91 Å². The lowest BCUT2D eigenvalue weighted by Gasteiger charge is -2.19. The molecule has 1 aromatic carbocycles. The van der Waals surface area contributed by atoms with Crippen molar-refractivity contribution in [2.75, 3.05) is 19.6 Å². The number of rotatable bonds is 6. The van der Waals surface area contributed by atoms with Crippen LogP contribution in [0.25, 0.3) is 0 Å². The van der Waals surface area contributed by atoms with Crippen molar-refractivity contribution in [2.45, 2.75) is 24.8 Å². The minimum atomic E-state index is -2.92. The molecule has 0 radical (unpaired) electrons. The zero-order chi connectivity index (χ0) is 16.2. The van der Waals surface area contributed by atoms with Crippen LogP contribution in [0.1, 0.15) is 18.1 Å². The Kier molecular flexibility index (Phi) is 5.25. The van der Waals surface area contributed by atoms with Crippen molar-refractivity contribution in [3.8, 4) is 5.75 Å². The number of benzene rings is 1. The van der Waals surface area contributed by atoms with Gasteiger partial charge in [0.15, 0.2) is 0 Å². The van der Waals surface area contributed by atoms with Crippen molar-refractivity contribution < 1.29 is 27.8 Å². The summed E-state index contributed by atoms with van der Waals surface area (Å²) in [5, 5.41) is 15.0. The number of hydrogen-bond donors (Lipinski definition) is 3. The molecule has 1 amide bonds. The molecule has 1 aromatic rings. The molecule has 0 aromatic heterocycles. The van der Waals surface area contributed by atoms with Crippen LogP contribution in [0.15, 0.2) is 24.3 Å². The average Bonchev–Trinajstić information content (AvgIpc) is 2.92. The molecule has 3 N–H and O–H groups in total. The molecule has 1 fully saturated rings. The number of ether oxygens (including phenoxy) is 1. The van der Waals surface area contributed by atoms with Crippen molar-refractivity contribution in [1.82, 2.24) is 10.6 Å². The van der Waals surface area contributed by atoms with E-state index < -0.39 is 24.3 Å². The van der Waals surface area contributed by atoms with Gasteiger partial charge in [-0.15, -0.1) is 0 Å². The van der Waals surface area contributed by atoms with Crippen LogP contribution in [0.5, 0.6) is 5.75 Å². The predicted octanol–water partition coefficient (Wildman–Crippen LogP) is 1.14. The molecule has 1 heterocycles. The van der Waals surface area contributed by atoms with Crippen LogP contribution in [-0.2, 0) is 4.79 Å². The quantitative estimate of drug-likeness (QED) is 0.736. The van der Waals surface area contributed by atoms with E-state index in [4.69, 9.17) is 0 Å². The molecule has 2 unspecified atom stereocenters. The second-order valence-corrected chi connectivity index (χ2v) is 5.07. The summed E-state index contributed by atoms with van der Waals surface area (Å²) in [6.45, 7) is -2.71. The highest BCUT2D eigenvalue weighted by molar-refractivity contribution is 5.85. The zero-order valence-corrected chi connectivity index (χ0v) is 11.7. The normalized spacial score (nSPS) is 22.6. The SMILES string of the molecule is O=C(NCC(O)c1ccc(OC(F)F)cc1)C1(F)CCNC1. The minimum absolute atomic E-state index is 0.0327. The van der Waals surface area contributed by atoms with E-state index in [0.717, 1.165) is 0 Å². The van der Waals surface area contributed by atoms with E-state index in [1.54, 1.807) is 0 Å². The fraction of sp³-hybridized carbons (Fsp3) is 0.500. The number of alkyl halides is 3. The van der Waals surface area contributed by atoms with Gasteiger partial charge in [-0.3, -0.25) is 4.79 Å². The first-order chi connectivity index (χ1) is 10.4. The topological polar surface area (TPSA) is 70.6 Å². The predicted molar refractivity (Wildman–Crippen MR) is 72.4 cm³/mol. The Hall–Kier alpha value is -1.80. The Labute approximate surface area is 125 Å². The van der Waals surface area contributed by atoms with Gasteiger partial charge >= 0.3 is 6.61 Å². The first kappa shape index (κ1) is 16.6. The van der Waals surface area contributed by atoms with Gasteiger partial charge < -0.3 is 20.5 Å². The van der Waals surface area contributed by atoms with E-state index in [2.05, 4.69) is 15.4 Å². The molecule has 1 aliphatic heterocycles. The Balaban J connectivity index is 1.86. The number of carbonyl (C=O) groups excluding carboxylic acids is 1. The summed E-state index contributed by atoms with van der Waals surface area (Å²) < 4.78 is 42.3. The van der Waals surface area contributed by atoms with Gasteiger partial charge in [-0.05, 0) is 24.2 Å². The van der Waals surface area contributed by atoms with Gasteiger partial charge in [-0.25, -0.2) is 4.39 Å². The maximum absolute atomic E-state index is 14.1. The van der Waals surface area contributed by atoms with E-state index in [-0.39, 0.29) is 25.3 Å². The minimum Gasteiger partial charge on any atom is -0.435 e. The molecule has 1 aliphatic rings. The fourth-order valence-electron chi connectivity index (χ4n) is 2.19. The summed E-state index contributed by atoms with van der Waals surface area (Å²) in [4.78, 5) is 11.7. The monoisotopic (exact) mass is 318 g/mol. The van der Waals surface area contributed by atoms with Gasteiger partial charge in [0.05, 0.1) is 6.10 Å². The second-order valence-electron chi connectivity index (χ2n) is 5.07. The summed E-state index contributed by atoms with van der Waals surface area (Å²) in [7, 11) is 0. The van der Waals surface area contributed by atoms with E-state index in [1.165, 1.54) is 24.3 Å². The Morgan fingerprint density at radius 2 is 2.09 bits per heavy atom. The van der Waals surface area contributed by atoms with E-state index >= 15 is 0 Å². The van der Waals surface area contributed by atoms with Crippen LogP contribution in [0.4, 0.5) is 13.2 Å². The summed E-state index contributed by atoms with van der Waals surface area (Å²) in [5.74, 6) is -0.802. The van der Waals surface area contributed by atoms with Crippen LogP contribution < -0.4 is 15.4 Å². The molecule has 0 saturated carbocycles. The van der Waals surface area contributed by atoms with E-state index in [0.29, 0.717) is 12.1 Å². The fourth-order valence-corrected chi connectivity index (χ4v) is 2.19. The van der Waals surface area contributed by atoms with Crippen LogP contribution in [0, 0.1) is 0 Å². The highest BCUT2D eigenvalue weighted by atomic mass is 19.3. The van der Waals surface area contributed by atoms with Gasteiger partial charge in [0.2, 0.25) is 5.67 Å². The standard InChI is InChI=1S/C14H17F3N2O3/c15-13(16)22-10-3-1-9(2-4-10)11(20)7-19-12(21)14(17)5-6-18-8-14/h1-4,11,13,18,20H,5-8H2,(H,19,21). The van der Waals surface area contributed by atoms with Gasteiger partial charge in [0.1, 0.15) is 5.75 Å². The molecule has 5 nitrogen and oxygen atoms in total. The summed E-state index contributed by atoms with van der Waals surface area (Å²) in [6.07, 6.45) is -0.975. The number of aliphatic hydroxyl groups excluding tert-OH is 1. The lowest BCUT2D eigenvalue weighted by Crippen LogP contribution is -2.46. The summed E-state index contributed by atoms with van der Waals surface area (Å²) in [6, 6.07) is 5.36.